The Labute approximate surface area is 221 Å². The number of fused-ring (bicyclic) bond motifs is 2. The van der Waals surface area contributed by atoms with Gasteiger partial charge in [0.15, 0.2) is 11.5 Å². The van der Waals surface area contributed by atoms with Gasteiger partial charge in [0.05, 0.1) is 18.2 Å². The molecule has 0 aromatic heterocycles. The first kappa shape index (κ1) is 24.1. The number of aliphatic hydroxyl groups is 1. The van der Waals surface area contributed by atoms with Crippen LogP contribution in [0.5, 0.6) is 17.2 Å². The lowest BCUT2D eigenvalue weighted by Gasteiger charge is -2.27. The van der Waals surface area contributed by atoms with Crippen molar-refractivity contribution in [3.63, 3.8) is 0 Å². The number of ether oxygens (including phenoxy) is 3. The van der Waals surface area contributed by atoms with Crippen LogP contribution >= 0.6 is 0 Å². The van der Waals surface area contributed by atoms with Crippen molar-refractivity contribution < 1.29 is 28.9 Å². The number of hydrogen-bond donors (Lipinski definition) is 1. The Hall–Kier alpha value is -4.26. The molecule has 7 heteroatoms. The lowest BCUT2D eigenvalue weighted by molar-refractivity contribution is -0.132. The zero-order valence-electron chi connectivity index (χ0n) is 21.6. The topological polar surface area (TPSA) is 85.3 Å². The van der Waals surface area contributed by atoms with Crippen LogP contribution < -0.4 is 19.1 Å². The van der Waals surface area contributed by atoms with Gasteiger partial charge in [-0.25, -0.2) is 0 Å². The highest BCUT2D eigenvalue weighted by Gasteiger charge is 2.47. The predicted molar refractivity (Wildman–Crippen MR) is 143 cm³/mol. The third kappa shape index (κ3) is 3.99. The summed E-state index contributed by atoms with van der Waals surface area (Å²) in [5.74, 6) is 0.206. The third-order valence-corrected chi connectivity index (χ3v) is 7.35. The average Bonchev–Trinajstić information content (AvgIpc) is 3.49. The van der Waals surface area contributed by atoms with Crippen molar-refractivity contribution in [1.82, 2.24) is 0 Å². The summed E-state index contributed by atoms with van der Waals surface area (Å²) in [6.45, 7) is 7.13. The van der Waals surface area contributed by atoms with Crippen molar-refractivity contribution in [3.8, 4) is 17.2 Å². The summed E-state index contributed by atoms with van der Waals surface area (Å²) >= 11 is 0. The van der Waals surface area contributed by atoms with Crippen molar-refractivity contribution >= 4 is 23.1 Å². The number of hydrogen-bond acceptors (Lipinski definition) is 6. The highest BCUT2D eigenvalue weighted by atomic mass is 16.7. The SMILES string of the molecule is CC(C)(C)c1ccc(C2/C(=C(/O)c3ccc4c(c3)CCCO4)C(=O)C(=O)N2c2ccc3c(c2)OCO3)cc1. The van der Waals surface area contributed by atoms with Gasteiger partial charge in [0.25, 0.3) is 11.7 Å². The molecule has 1 saturated heterocycles. The minimum absolute atomic E-state index is 0.0489. The normalized spacial score (nSPS) is 19.9. The van der Waals surface area contributed by atoms with Crippen LogP contribution in [0, 0.1) is 0 Å². The Bertz CT molecular complexity index is 1480. The van der Waals surface area contributed by atoms with Crippen molar-refractivity contribution in [3.05, 3.63) is 88.5 Å². The number of ketones is 1. The van der Waals surface area contributed by atoms with Crippen molar-refractivity contribution in [2.24, 2.45) is 0 Å². The molecule has 0 radical (unpaired) electrons. The number of amides is 1. The molecule has 1 atom stereocenters. The average molecular weight is 512 g/mol. The van der Waals surface area contributed by atoms with Gasteiger partial charge < -0.3 is 19.3 Å². The number of rotatable bonds is 3. The zero-order valence-corrected chi connectivity index (χ0v) is 21.6. The largest absolute Gasteiger partial charge is 0.507 e. The molecule has 0 saturated carbocycles. The summed E-state index contributed by atoms with van der Waals surface area (Å²) in [7, 11) is 0. The Kier molecular flexibility index (Phi) is 5.67. The number of Topliss-reactive ketones (excluding diaryl/α,β-unsaturated/α-hetero) is 1. The van der Waals surface area contributed by atoms with Crippen LogP contribution in [0.2, 0.25) is 0 Å². The second-order valence-electron chi connectivity index (χ2n) is 10.9. The number of benzene rings is 3. The van der Waals surface area contributed by atoms with E-state index in [1.165, 1.54) is 4.90 Å². The van der Waals surface area contributed by atoms with E-state index in [0.717, 1.165) is 35.3 Å². The fraction of sp³-hybridized carbons (Fsp3) is 0.290. The molecule has 0 spiro atoms. The molecule has 1 amide bonds. The number of nitrogens with zero attached hydrogens (tertiary/aromatic N) is 1. The number of carbonyl (C=O) groups is 2. The van der Waals surface area contributed by atoms with E-state index >= 15 is 0 Å². The van der Waals surface area contributed by atoms with E-state index in [1.807, 2.05) is 36.4 Å². The van der Waals surface area contributed by atoms with Gasteiger partial charge in [-0.15, -0.1) is 0 Å². The molecular formula is C31H29NO6. The van der Waals surface area contributed by atoms with Crippen LogP contribution in [0.1, 0.15) is 55.5 Å². The minimum atomic E-state index is -0.823. The molecule has 3 aliphatic rings. The van der Waals surface area contributed by atoms with Gasteiger partial charge in [-0.1, -0.05) is 45.0 Å². The molecular weight excluding hydrogens is 482 g/mol. The number of aliphatic hydroxyl groups excluding tert-OH is 1. The van der Waals surface area contributed by atoms with E-state index < -0.39 is 17.7 Å². The zero-order chi connectivity index (χ0) is 26.6. The quantitative estimate of drug-likeness (QED) is 0.277. The maximum atomic E-state index is 13.5. The second kappa shape index (κ2) is 8.94. The Morgan fingerprint density at radius 3 is 2.39 bits per heavy atom. The second-order valence-corrected chi connectivity index (χ2v) is 10.9. The molecule has 1 N–H and O–H groups in total. The van der Waals surface area contributed by atoms with E-state index in [9.17, 15) is 14.7 Å². The lowest BCUT2D eigenvalue weighted by atomic mass is 9.85. The fourth-order valence-electron chi connectivity index (χ4n) is 5.28. The van der Waals surface area contributed by atoms with Gasteiger partial charge >= 0.3 is 0 Å². The molecule has 194 valence electrons. The molecule has 3 aliphatic heterocycles. The van der Waals surface area contributed by atoms with E-state index in [1.54, 1.807) is 24.3 Å². The van der Waals surface area contributed by atoms with E-state index in [-0.39, 0.29) is 23.5 Å². The van der Waals surface area contributed by atoms with Crippen molar-refractivity contribution in [1.29, 1.82) is 0 Å². The molecule has 1 unspecified atom stereocenters. The monoisotopic (exact) mass is 511 g/mol. The Morgan fingerprint density at radius 2 is 1.63 bits per heavy atom. The van der Waals surface area contributed by atoms with Crippen LogP contribution in [-0.4, -0.2) is 30.2 Å². The van der Waals surface area contributed by atoms with Gasteiger partial charge in [-0.2, -0.15) is 0 Å². The Balaban J connectivity index is 1.51. The molecule has 1 fully saturated rings. The first-order valence-electron chi connectivity index (χ1n) is 12.8. The van der Waals surface area contributed by atoms with Crippen molar-refractivity contribution in [2.75, 3.05) is 18.3 Å². The summed E-state index contributed by atoms with van der Waals surface area (Å²) in [6.07, 6.45) is 1.70. The van der Waals surface area contributed by atoms with Crippen LogP contribution in [0.15, 0.2) is 66.2 Å². The van der Waals surface area contributed by atoms with Crippen LogP contribution in [0.4, 0.5) is 5.69 Å². The molecule has 0 bridgehead atoms. The van der Waals surface area contributed by atoms with E-state index in [2.05, 4.69) is 20.8 Å². The summed E-state index contributed by atoms with van der Waals surface area (Å²) in [5, 5.41) is 11.5. The number of aryl methyl sites for hydroxylation is 1. The van der Waals surface area contributed by atoms with Gasteiger partial charge in [0, 0.05) is 17.3 Å². The van der Waals surface area contributed by atoms with Gasteiger partial charge in [0.2, 0.25) is 6.79 Å². The third-order valence-electron chi connectivity index (χ3n) is 7.35. The molecule has 3 aromatic rings. The Morgan fingerprint density at radius 1 is 0.895 bits per heavy atom. The number of anilines is 1. The summed E-state index contributed by atoms with van der Waals surface area (Å²) < 4.78 is 16.7. The molecule has 0 aliphatic carbocycles. The number of carbonyl (C=O) groups excluding carboxylic acids is 2. The van der Waals surface area contributed by atoms with Crippen LogP contribution in [0.3, 0.4) is 0 Å². The minimum Gasteiger partial charge on any atom is -0.507 e. The first-order valence-corrected chi connectivity index (χ1v) is 12.8. The summed E-state index contributed by atoms with van der Waals surface area (Å²) in [6, 6.07) is 17.6. The smallest absolute Gasteiger partial charge is 0.300 e. The van der Waals surface area contributed by atoms with Crippen LogP contribution in [-0.2, 0) is 21.4 Å². The standard InChI is InChI=1S/C31H29NO6/c1-31(2,3)21-9-6-18(7-10-21)27-26(28(33)20-8-12-23-19(15-20)5-4-14-36-23)29(34)30(35)32(27)22-11-13-24-25(16-22)38-17-37-24/h6-13,15-16,27,33H,4-5,14,17H2,1-3H3/b28-26-. The highest BCUT2D eigenvalue weighted by molar-refractivity contribution is 6.51. The summed E-state index contributed by atoms with van der Waals surface area (Å²) in [5.41, 5.74) is 3.76. The lowest BCUT2D eigenvalue weighted by Crippen LogP contribution is -2.29. The molecule has 7 nitrogen and oxygen atoms in total. The molecule has 38 heavy (non-hydrogen) atoms. The first-order chi connectivity index (χ1) is 18.2. The van der Waals surface area contributed by atoms with Gasteiger partial charge in [-0.3, -0.25) is 14.5 Å². The predicted octanol–water partition coefficient (Wildman–Crippen LogP) is 5.66. The molecule has 3 heterocycles. The van der Waals surface area contributed by atoms with E-state index in [0.29, 0.717) is 29.4 Å². The maximum absolute atomic E-state index is 13.5. The van der Waals surface area contributed by atoms with Gasteiger partial charge in [0.1, 0.15) is 11.5 Å². The highest BCUT2D eigenvalue weighted by Crippen LogP contribution is 2.45. The maximum Gasteiger partial charge on any atom is 0.300 e. The summed E-state index contributed by atoms with van der Waals surface area (Å²) in [4.78, 5) is 28.5. The molecule has 6 rings (SSSR count). The molecule has 3 aromatic carbocycles. The van der Waals surface area contributed by atoms with Gasteiger partial charge in [-0.05, 0) is 65.3 Å². The van der Waals surface area contributed by atoms with E-state index in [4.69, 9.17) is 14.2 Å². The fourth-order valence-corrected chi connectivity index (χ4v) is 5.28. The van der Waals surface area contributed by atoms with Crippen LogP contribution in [0.25, 0.3) is 5.76 Å². The van der Waals surface area contributed by atoms with Crippen molar-refractivity contribution in [2.45, 2.75) is 45.1 Å².